The van der Waals surface area contributed by atoms with Crippen molar-refractivity contribution >= 4 is 23.6 Å². The SMILES string of the molecule is CC(=O)N[C@H]1[C@H](O[C@H]2[C@H](O)[C@@H](NC(C)=O)C(O)O[C@@H]2CO[C@@H]2O[C@@H](C)[C@@H](O)[C@@H](O)[C@@H]2O)O[C@H](CO)[C@@H](O[C@@H]2O[C@H](CO[C@H]3O[C@H](CO)[C@@H](O)[C@H](O)[C@@H]3O[C@@H]3O[C@H](CO)[C@@H](O[C@@H]4O[C@H](CO)[C@H](O)[C@H](O)[C@H]4O)[C@H](O)[C@H]3NC(C)=O)[C@@H](O)[C@H](O[C@H]3O[C@H](CO)[C@@H](O)[C@H](O)[C@@H]3O[C@@H]3O[C@H](CO)[C@@H](O[C@@H]4O[C@H](CO)[C@H](O)[C@H](O[C@H]5O[C@H](CO)[C@H](O)[C@H](O)[C@H]5O)[C@H]4O)[C@H](O)[C@H]3NC(C)=O)[C@@H]2O)[C@@H]1O. The molecule has 770 valence electrons. The quantitative estimate of drug-likeness (QED) is 0.0284. The van der Waals surface area contributed by atoms with E-state index in [0.29, 0.717) is 0 Å². The van der Waals surface area contributed by atoms with Crippen LogP contribution in [0.3, 0.4) is 0 Å². The molecular formula is C74H124N4O55. The van der Waals surface area contributed by atoms with Gasteiger partial charge in [-0.3, -0.25) is 19.2 Å². The van der Waals surface area contributed by atoms with E-state index in [1.165, 1.54) is 6.92 Å². The van der Waals surface area contributed by atoms with Crippen molar-refractivity contribution in [3.63, 3.8) is 0 Å². The topological polar surface area (TPSA) is 917 Å². The Morgan fingerprint density at radius 2 is 0.459 bits per heavy atom. The van der Waals surface area contributed by atoms with Gasteiger partial charge < -0.3 is 274 Å². The van der Waals surface area contributed by atoms with Crippen LogP contribution in [0.2, 0.25) is 0 Å². The number of hydrogen-bond acceptors (Lipinski definition) is 55. The molecule has 0 spiro atoms. The van der Waals surface area contributed by atoms with E-state index >= 15 is 0 Å². The first kappa shape index (κ1) is 109. The lowest BCUT2D eigenvalue weighted by Crippen LogP contribution is -2.71. The highest BCUT2D eigenvalue weighted by Crippen LogP contribution is 2.42. The monoisotopic (exact) mass is 1950 g/mol. The standard InChI is InChI=1S/C74H124N4O55/c1-16-35(91)46(102)51(107)68(115-16)113-15-30-59(42(98)31(64(112)116-30)75-17(2)87)126-65-32(76-18(3)88)43(99)58(27(12-85)122-65)129-72-55(111)61(41(97)29(125-72)14-114-73-62(49(105)38(94)23(8-81)120-73)132-66-33(77-19(4)89)44(100)56(26(11-84)123-66)127-69-52(108)47(103)36(92)21(6-79)117-69)131-74-63(50(106)39(95)24(9-82)121-74)133-67-34(78-20(5)90)45(101)57(28(13-86)124-67)128-71-54(110)60(40(96)25(10-83)119-71)130-70-53(109)48(104)37(93)22(7-80)118-70/h16,21-74,79-86,91-112H,6-15H2,1-5H3,(H,75,87)(H,76,88)(H,77,89)(H,78,90)/t16-,21+,22+,23+,24+,25+,26+,27+,28+,29+,30+,31+,32+,33+,34+,35+,36-,37-,38+,39+,40-,41+,42+,43+,44+,45+,46+,47-,48-,49-,50-,51-,52+,53+,54+,55-,56+,57+,58+,59+,60-,61-,62-,63-,64?,65-,66-,67-,68+,69-,70+,71-,72-,73-,74+/m0/s1. The summed E-state index contributed by atoms with van der Waals surface area (Å²) >= 11 is 0. The van der Waals surface area contributed by atoms with E-state index < -0.39 is 427 Å². The molecule has 133 heavy (non-hydrogen) atoms. The van der Waals surface area contributed by atoms with Gasteiger partial charge in [-0.2, -0.15) is 0 Å². The van der Waals surface area contributed by atoms with E-state index in [0.717, 1.165) is 27.7 Å². The largest absolute Gasteiger partial charge is 0.394 e. The Balaban J connectivity index is 0.915. The number of ether oxygens (including phenoxy) is 21. The third-order valence-electron chi connectivity index (χ3n) is 24.5. The highest BCUT2D eigenvalue weighted by molar-refractivity contribution is 5.74. The third kappa shape index (κ3) is 24.1. The maximum absolute atomic E-state index is 13.3. The molecule has 55 atom stereocenters. The van der Waals surface area contributed by atoms with Crippen LogP contribution in [0, 0.1) is 0 Å². The lowest BCUT2D eigenvalue weighted by Gasteiger charge is -2.51. The minimum absolute atomic E-state index is 0.860. The van der Waals surface area contributed by atoms with E-state index in [9.17, 15) is 172 Å². The first-order chi connectivity index (χ1) is 62.9. The van der Waals surface area contributed by atoms with Crippen LogP contribution in [0.4, 0.5) is 0 Å². The maximum atomic E-state index is 13.3. The predicted molar refractivity (Wildman–Crippen MR) is 407 cm³/mol. The minimum atomic E-state index is -2.67. The molecule has 34 N–H and O–H groups in total. The minimum Gasteiger partial charge on any atom is -0.394 e. The molecule has 11 aliphatic rings. The Bertz CT molecular complexity index is 3630. The molecule has 11 aliphatic heterocycles. The fraction of sp³-hybridized carbons (Fsp3) is 0.946. The molecular weight excluding hydrogens is 1820 g/mol. The van der Waals surface area contributed by atoms with Crippen molar-refractivity contribution in [3.8, 4) is 0 Å². The van der Waals surface area contributed by atoms with E-state index in [1.54, 1.807) is 0 Å². The molecule has 0 aliphatic carbocycles. The van der Waals surface area contributed by atoms with E-state index in [4.69, 9.17) is 99.5 Å². The molecule has 0 bridgehead atoms. The van der Waals surface area contributed by atoms with Gasteiger partial charge in [-0.15, -0.1) is 0 Å². The van der Waals surface area contributed by atoms with Crippen molar-refractivity contribution in [2.45, 2.75) is 372 Å². The van der Waals surface area contributed by atoms with Crippen LogP contribution in [0.15, 0.2) is 0 Å². The van der Waals surface area contributed by atoms with Crippen molar-refractivity contribution in [2.75, 3.05) is 66.1 Å². The summed E-state index contributed by atoms with van der Waals surface area (Å²) in [5, 5.41) is 345. The average Bonchev–Trinajstić information content (AvgIpc) is 0.760. The summed E-state index contributed by atoms with van der Waals surface area (Å²) in [6, 6.07) is -7.87. The molecule has 0 aromatic carbocycles. The molecule has 11 fully saturated rings. The summed E-state index contributed by atoms with van der Waals surface area (Å²) in [4.78, 5) is 52.1. The summed E-state index contributed by atoms with van der Waals surface area (Å²) in [7, 11) is 0. The number of rotatable bonds is 34. The van der Waals surface area contributed by atoms with Crippen LogP contribution in [0.5, 0.6) is 0 Å². The Kier molecular flexibility index (Phi) is 39.1. The first-order valence-corrected chi connectivity index (χ1v) is 42.5. The van der Waals surface area contributed by atoms with Crippen LogP contribution in [0.1, 0.15) is 34.6 Å². The normalized spacial score (nSPS) is 50.1. The van der Waals surface area contributed by atoms with Gasteiger partial charge in [0, 0.05) is 27.7 Å². The molecule has 4 amide bonds. The summed E-state index contributed by atoms with van der Waals surface area (Å²) in [6.45, 7) is -6.29. The molecule has 11 saturated heterocycles. The first-order valence-electron chi connectivity index (χ1n) is 42.5. The van der Waals surface area contributed by atoms with Gasteiger partial charge in [0.2, 0.25) is 23.6 Å². The number of carbonyl (C=O) groups is 4. The van der Waals surface area contributed by atoms with Crippen molar-refractivity contribution in [1.82, 2.24) is 21.3 Å². The molecule has 0 radical (unpaired) electrons. The molecule has 0 aromatic rings. The van der Waals surface area contributed by atoms with Gasteiger partial charge in [0.05, 0.1) is 72.2 Å². The van der Waals surface area contributed by atoms with E-state index in [-0.39, 0.29) is 0 Å². The zero-order valence-electron chi connectivity index (χ0n) is 71.4. The average molecular weight is 1950 g/mol. The molecule has 0 saturated carbocycles. The van der Waals surface area contributed by atoms with Crippen LogP contribution in [-0.2, 0) is 119 Å². The number of carbonyl (C=O) groups excluding carboxylic acids is 4. The van der Waals surface area contributed by atoms with Crippen LogP contribution in [-0.4, -0.2) is 580 Å². The number of aliphatic hydroxyl groups excluding tert-OH is 30. The second kappa shape index (κ2) is 47.6. The zero-order valence-corrected chi connectivity index (χ0v) is 71.4. The number of nitrogens with one attached hydrogen (secondary N) is 4. The molecule has 0 aromatic heterocycles. The summed E-state index contributed by atoms with van der Waals surface area (Å²) < 4.78 is 125. The number of hydrogen-bond donors (Lipinski definition) is 34. The Morgan fingerprint density at radius 3 is 0.842 bits per heavy atom. The highest BCUT2D eigenvalue weighted by atomic mass is 16.8. The molecule has 11 heterocycles. The smallest absolute Gasteiger partial charge is 0.217 e. The van der Waals surface area contributed by atoms with Gasteiger partial charge >= 0.3 is 0 Å². The van der Waals surface area contributed by atoms with Gasteiger partial charge in [0.25, 0.3) is 0 Å². The number of amides is 4. The predicted octanol–water partition coefficient (Wildman–Crippen LogP) is -23.4. The van der Waals surface area contributed by atoms with Gasteiger partial charge in [-0.1, -0.05) is 0 Å². The van der Waals surface area contributed by atoms with Crippen molar-refractivity contribution < 1.29 is 272 Å². The van der Waals surface area contributed by atoms with Crippen LogP contribution < -0.4 is 21.3 Å². The zero-order chi connectivity index (χ0) is 97.8. The lowest BCUT2D eigenvalue weighted by molar-refractivity contribution is -0.400. The Hall–Kier alpha value is -4.16. The lowest BCUT2D eigenvalue weighted by atomic mass is 9.93. The van der Waals surface area contributed by atoms with Crippen molar-refractivity contribution in [2.24, 2.45) is 0 Å². The van der Waals surface area contributed by atoms with Crippen LogP contribution in [0.25, 0.3) is 0 Å². The van der Waals surface area contributed by atoms with Gasteiger partial charge in [0.1, 0.15) is 262 Å². The Labute approximate surface area is 752 Å². The van der Waals surface area contributed by atoms with Gasteiger partial charge in [-0.05, 0) is 6.92 Å². The second-order valence-electron chi connectivity index (χ2n) is 33.8. The fourth-order valence-electron chi connectivity index (χ4n) is 17.3. The molecule has 59 heteroatoms. The van der Waals surface area contributed by atoms with E-state index in [2.05, 4.69) is 21.3 Å². The Morgan fingerprint density at radius 1 is 0.211 bits per heavy atom. The van der Waals surface area contributed by atoms with Crippen LogP contribution >= 0.6 is 0 Å². The molecule has 59 nitrogen and oxygen atoms in total. The van der Waals surface area contributed by atoms with Crippen molar-refractivity contribution in [1.29, 1.82) is 0 Å². The second-order valence-corrected chi connectivity index (χ2v) is 33.8. The summed E-state index contributed by atoms with van der Waals surface area (Å²) in [6.07, 6.45) is -107. The summed E-state index contributed by atoms with van der Waals surface area (Å²) in [5.74, 6) is -3.87. The molecule has 11 rings (SSSR count). The number of aliphatic hydroxyl groups is 30. The fourth-order valence-corrected chi connectivity index (χ4v) is 17.3. The molecule has 1 unspecified atom stereocenters. The van der Waals surface area contributed by atoms with Gasteiger partial charge in [-0.25, -0.2) is 0 Å². The highest BCUT2D eigenvalue weighted by Gasteiger charge is 2.63. The van der Waals surface area contributed by atoms with Gasteiger partial charge in [0.15, 0.2) is 69.2 Å². The van der Waals surface area contributed by atoms with E-state index in [1.807, 2.05) is 0 Å². The maximum Gasteiger partial charge on any atom is 0.217 e. The third-order valence-corrected chi connectivity index (χ3v) is 24.5. The summed E-state index contributed by atoms with van der Waals surface area (Å²) in [5.41, 5.74) is 0. The van der Waals surface area contributed by atoms with Crippen molar-refractivity contribution in [3.05, 3.63) is 0 Å².